The van der Waals surface area contributed by atoms with Crippen molar-refractivity contribution in [2.45, 2.75) is 47.3 Å². The van der Waals surface area contributed by atoms with Gasteiger partial charge in [-0.25, -0.2) is 0 Å². The van der Waals surface area contributed by atoms with Crippen molar-refractivity contribution in [2.75, 3.05) is 0 Å². The van der Waals surface area contributed by atoms with Crippen molar-refractivity contribution < 1.29 is 0 Å². The van der Waals surface area contributed by atoms with Gasteiger partial charge in [-0.1, -0.05) is 66.8 Å². The molecule has 0 unspecified atom stereocenters. The van der Waals surface area contributed by atoms with E-state index < -0.39 is 0 Å². The molecule has 1 spiro atoms. The quantitative estimate of drug-likeness (QED) is 0.663. The fraction of sp³-hybridized carbons (Fsp3) is 0.333. The van der Waals surface area contributed by atoms with Crippen molar-refractivity contribution in [3.63, 3.8) is 0 Å². The maximum Gasteiger partial charge on any atom is 0.139 e. The minimum atomic E-state index is 0.293. The Morgan fingerprint density at radius 1 is 0.850 bits per heavy atom. The summed E-state index contributed by atoms with van der Waals surface area (Å²) in [7, 11) is 2.22. The van der Waals surface area contributed by atoms with Gasteiger partial charge in [0.1, 0.15) is 7.85 Å². The van der Waals surface area contributed by atoms with Crippen LogP contribution < -0.4 is 5.46 Å². The second-order valence-electron chi connectivity index (χ2n) is 6.24. The molecular weight excluding hydrogens is 259 g/mol. The predicted molar refractivity (Wildman–Crippen MR) is 89.1 cm³/mol. The highest BCUT2D eigenvalue weighted by atomic mass is 32.2. The molecule has 100 valence electrons. The van der Waals surface area contributed by atoms with E-state index in [0.29, 0.717) is 5.41 Å². The monoisotopic (exact) mass is 278 g/mol. The third-order valence-electron chi connectivity index (χ3n) is 4.98. The van der Waals surface area contributed by atoms with Crippen molar-refractivity contribution in [1.29, 1.82) is 0 Å². The standard InChI is InChI=1S/C18H19BS/c19-13-8-9-17-15(12-13)18(10-4-1-5-11-18)14-6-2-3-7-16(14)20-17/h2-3,6-9,12H,1,4-5,10-11,19H2. The molecule has 0 saturated heterocycles. The van der Waals surface area contributed by atoms with Gasteiger partial charge < -0.3 is 0 Å². The van der Waals surface area contributed by atoms with Gasteiger partial charge in [0.2, 0.25) is 0 Å². The second-order valence-corrected chi connectivity index (χ2v) is 7.32. The first kappa shape index (κ1) is 12.6. The van der Waals surface area contributed by atoms with Crippen molar-refractivity contribution in [3.05, 3.63) is 53.6 Å². The third kappa shape index (κ3) is 1.78. The molecule has 0 bridgehead atoms. The number of fused-ring (bicyclic) bond motifs is 4. The molecule has 2 aliphatic rings. The van der Waals surface area contributed by atoms with Gasteiger partial charge in [0, 0.05) is 15.2 Å². The lowest BCUT2D eigenvalue weighted by atomic mass is 9.64. The van der Waals surface area contributed by atoms with Crippen LogP contribution in [0.4, 0.5) is 0 Å². The van der Waals surface area contributed by atoms with E-state index in [0.717, 1.165) is 0 Å². The van der Waals surface area contributed by atoms with Crippen LogP contribution in [0.3, 0.4) is 0 Å². The Morgan fingerprint density at radius 3 is 2.45 bits per heavy atom. The number of benzene rings is 2. The Labute approximate surface area is 126 Å². The highest BCUT2D eigenvalue weighted by Crippen LogP contribution is 2.54. The Morgan fingerprint density at radius 2 is 1.60 bits per heavy atom. The summed E-state index contributed by atoms with van der Waals surface area (Å²) in [5.74, 6) is 0. The van der Waals surface area contributed by atoms with Gasteiger partial charge in [-0.15, -0.1) is 0 Å². The summed E-state index contributed by atoms with van der Waals surface area (Å²) in [4.78, 5) is 2.96. The zero-order valence-corrected chi connectivity index (χ0v) is 12.8. The SMILES string of the molecule is Bc1ccc2c(c1)C1(CCCCC1)c1ccccc1S2. The van der Waals surface area contributed by atoms with Gasteiger partial charge in [0.05, 0.1) is 0 Å². The van der Waals surface area contributed by atoms with E-state index in [-0.39, 0.29) is 0 Å². The lowest BCUT2D eigenvalue weighted by Crippen LogP contribution is -2.34. The average Bonchev–Trinajstić information content (AvgIpc) is 2.50. The summed E-state index contributed by atoms with van der Waals surface area (Å²) < 4.78 is 0. The Bertz CT molecular complexity index is 656. The van der Waals surface area contributed by atoms with Crippen LogP contribution in [0.1, 0.15) is 43.2 Å². The van der Waals surface area contributed by atoms with Crippen molar-refractivity contribution in [3.8, 4) is 0 Å². The minimum Gasteiger partial charge on any atom is -0.0895 e. The zero-order chi connectivity index (χ0) is 13.6. The van der Waals surface area contributed by atoms with Crippen molar-refractivity contribution >= 4 is 25.1 Å². The Hall–Kier alpha value is -1.15. The summed E-state index contributed by atoms with van der Waals surface area (Å²) in [6, 6.07) is 16.1. The summed E-state index contributed by atoms with van der Waals surface area (Å²) in [6.07, 6.45) is 6.78. The third-order valence-corrected chi connectivity index (χ3v) is 6.13. The highest BCUT2D eigenvalue weighted by Gasteiger charge is 2.41. The van der Waals surface area contributed by atoms with E-state index in [4.69, 9.17) is 0 Å². The number of hydrogen-bond donors (Lipinski definition) is 0. The number of hydrogen-bond acceptors (Lipinski definition) is 1. The summed E-state index contributed by atoms with van der Waals surface area (Å²) >= 11 is 1.96. The van der Waals surface area contributed by atoms with E-state index in [1.807, 2.05) is 11.8 Å². The van der Waals surface area contributed by atoms with E-state index in [1.54, 1.807) is 11.1 Å². The van der Waals surface area contributed by atoms with Gasteiger partial charge in [0.15, 0.2) is 0 Å². The van der Waals surface area contributed by atoms with Crippen LogP contribution >= 0.6 is 11.8 Å². The van der Waals surface area contributed by atoms with Crippen molar-refractivity contribution in [2.24, 2.45) is 0 Å². The van der Waals surface area contributed by atoms with Crippen LogP contribution in [0.5, 0.6) is 0 Å². The molecule has 1 aliphatic carbocycles. The molecule has 0 nitrogen and oxygen atoms in total. The van der Waals surface area contributed by atoms with Gasteiger partial charge in [0.25, 0.3) is 0 Å². The number of rotatable bonds is 0. The molecular formula is C18H19BS. The molecule has 1 fully saturated rings. The minimum absolute atomic E-state index is 0.293. The summed E-state index contributed by atoms with van der Waals surface area (Å²) in [5.41, 5.74) is 4.87. The first-order valence-electron chi connectivity index (χ1n) is 7.68. The van der Waals surface area contributed by atoms with E-state index in [9.17, 15) is 0 Å². The van der Waals surface area contributed by atoms with Gasteiger partial charge in [-0.05, 0) is 36.1 Å². The molecule has 0 amide bonds. The van der Waals surface area contributed by atoms with Crippen LogP contribution in [-0.4, -0.2) is 7.85 Å². The molecule has 0 radical (unpaired) electrons. The van der Waals surface area contributed by atoms with Crippen molar-refractivity contribution in [1.82, 2.24) is 0 Å². The first-order chi connectivity index (χ1) is 9.79. The molecule has 20 heavy (non-hydrogen) atoms. The van der Waals surface area contributed by atoms with E-state index in [1.165, 1.54) is 47.4 Å². The molecule has 1 heterocycles. The fourth-order valence-electron chi connectivity index (χ4n) is 4.02. The molecule has 0 atom stereocenters. The van der Waals surface area contributed by atoms with Gasteiger partial charge >= 0.3 is 0 Å². The van der Waals surface area contributed by atoms with E-state index >= 15 is 0 Å². The molecule has 0 N–H and O–H groups in total. The maximum atomic E-state index is 2.45. The molecule has 2 aromatic rings. The van der Waals surface area contributed by atoms with Crippen LogP contribution in [0.2, 0.25) is 0 Å². The normalized spacial score (nSPS) is 19.4. The Kier molecular flexibility index (Phi) is 2.96. The fourth-order valence-corrected chi connectivity index (χ4v) is 5.27. The average molecular weight is 278 g/mol. The summed E-state index contributed by atoms with van der Waals surface area (Å²) in [5, 5.41) is 0. The van der Waals surface area contributed by atoms with Gasteiger partial charge in [-0.2, -0.15) is 0 Å². The second kappa shape index (κ2) is 4.70. The molecule has 1 aliphatic heterocycles. The lowest BCUT2D eigenvalue weighted by molar-refractivity contribution is 0.335. The van der Waals surface area contributed by atoms with Crippen LogP contribution in [-0.2, 0) is 5.41 Å². The molecule has 0 aromatic heterocycles. The Balaban J connectivity index is 1.98. The van der Waals surface area contributed by atoms with Crippen LogP contribution in [0.25, 0.3) is 0 Å². The lowest BCUT2D eigenvalue weighted by Gasteiger charge is -2.43. The largest absolute Gasteiger partial charge is 0.139 e. The molecule has 4 rings (SSSR count). The molecule has 2 aromatic carbocycles. The van der Waals surface area contributed by atoms with Crippen LogP contribution in [0, 0.1) is 0 Å². The first-order valence-corrected chi connectivity index (χ1v) is 8.50. The smallest absolute Gasteiger partial charge is 0.0895 e. The maximum absolute atomic E-state index is 2.45. The van der Waals surface area contributed by atoms with Crippen LogP contribution in [0.15, 0.2) is 52.3 Å². The van der Waals surface area contributed by atoms with E-state index in [2.05, 4.69) is 50.3 Å². The molecule has 1 saturated carbocycles. The zero-order valence-electron chi connectivity index (χ0n) is 12.0. The molecule has 2 heteroatoms. The predicted octanol–water partition coefficient (Wildman–Crippen LogP) is 3.66. The highest BCUT2D eigenvalue weighted by molar-refractivity contribution is 7.99. The topological polar surface area (TPSA) is 0 Å². The summed E-state index contributed by atoms with van der Waals surface area (Å²) in [6.45, 7) is 0. The van der Waals surface area contributed by atoms with Gasteiger partial charge in [-0.3, -0.25) is 0 Å².